The fourth-order valence-corrected chi connectivity index (χ4v) is 5.26. The highest BCUT2D eigenvalue weighted by molar-refractivity contribution is 7.89. The molecule has 31 heavy (non-hydrogen) atoms. The van der Waals surface area contributed by atoms with Crippen LogP contribution in [0.5, 0.6) is 0 Å². The molecule has 2 saturated carbocycles. The van der Waals surface area contributed by atoms with E-state index in [0.29, 0.717) is 18.0 Å². The Kier molecular flexibility index (Phi) is 5.99. The van der Waals surface area contributed by atoms with Gasteiger partial charge in [-0.05, 0) is 62.9 Å². The highest BCUT2D eigenvalue weighted by Crippen LogP contribution is 2.43. The van der Waals surface area contributed by atoms with E-state index in [4.69, 9.17) is 0 Å². The maximum atomic E-state index is 13.0. The van der Waals surface area contributed by atoms with Crippen molar-refractivity contribution in [3.05, 3.63) is 29.8 Å². The molecule has 10 heteroatoms. The van der Waals surface area contributed by atoms with E-state index in [1.807, 2.05) is 0 Å². The SMILES string of the molecule is CNS(=O)(=O)c1ccc(C(=O)NC(C2CCCCC2)C2CN(C3(C#N)CC3)N=N2)cc1. The standard InChI is InChI=1S/C21H28N6O3S/c1-23-31(29,30)17-9-7-16(8-10-17)20(28)24-19(15-5-3-2-4-6-15)18-13-27(26-25-18)21(14-22)11-12-21/h7-10,15,18-19,23H,2-6,11-13H2,1H3,(H,24,28). The largest absolute Gasteiger partial charge is 0.347 e. The molecule has 1 heterocycles. The zero-order valence-electron chi connectivity index (χ0n) is 17.6. The van der Waals surface area contributed by atoms with Crippen molar-refractivity contribution in [3.63, 3.8) is 0 Å². The summed E-state index contributed by atoms with van der Waals surface area (Å²) in [4.78, 5) is 13.1. The van der Waals surface area contributed by atoms with E-state index in [1.165, 1.54) is 37.7 Å². The Morgan fingerprint density at radius 1 is 1.23 bits per heavy atom. The van der Waals surface area contributed by atoms with Gasteiger partial charge in [0.15, 0.2) is 0 Å². The number of carbonyl (C=O) groups is 1. The molecule has 0 spiro atoms. The van der Waals surface area contributed by atoms with Crippen molar-refractivity contribution >= 4 is 15.9 Å². The van der Waals surface area contributed by atoms with Gasteiger partial charge < -0.3 is 5.32 Å². The summed E-state index contributed by atoms with van der Waals surface area (Å²) in [6.07, 6.45) is 7.12. The van der Waals surface area contributed by atoms with Crippen molar-refractivity contribution in [3.8, 4) is 6.07 Å². The van der Waals surface area contributed by atoms with Gasteiger partial charge >= 0.3 is 0 Å². The number of nitrogens with one attached hydrogen (secondary N) is 2. The molecular weight excluding hydrogens is 416 g/mol. The van der Waals surface area contributed by atoms with Gasteiger partial charge in [0.25, 0.3) is 5.91 Å². The van der Waals surface area contributed by atoms with Crippen molar-refractivity contribution in [2.75, 3.05) is 13.6 Å². The maximum absolute atomic E-state index is 13.0. The zero-order chi connectivity index (χ0) is 22.1. The number of benzene rings is 1. The number of rotatable bonds is 7. The summed E-state index contributed by atoms with van der Waals surface area (Å²) >= 11 is 0. The minimum atomic E-state index is -3.55. The molecule has 166 valence electrons. The molecule has 1 aromatic carbocycles. The monoisotopic (exact) mass is 444 g/mol. The van der Waals surface area contributed by atoms with Gasteiger partial charge in [-0.25, -0.2) is 13.1 Å². The highest BCUT2D eigenvalue weighted by Gasteiger charge is 2.52. The summed E-state index contributed by atoms with van der Waals surface area (Å²) in [7, 11) is -2.20. The summed E-state index contributed by atoms with van der Waals surface area (Å²) in [5, 5.41) is 23.1. The highest BCUT2D eigenvalue weighted by atomic mass is 32.2. The van der Waals surface area contributed by atoms with E-state index >= 15 is 0 Å². The van der Waals surface area contributed by atoms with Gasteiger partial charge in [0.2, 0.25) is 10.0 Å². The Hall–Kier alpha value is -2.51. The van der Waals surface area contributed by atoms with Crippen LogP contribution in [-0.4, -0.2) is 50.5 Å². The van der Waals surface area contributed by atoms with Crippen LogP contribution in [0.2, 0.25) is 0 Å². The van der Waals surface area contributed by atoms with Crippen LogP contribution in [0.4, 0.5) is 0 Å². The molecule has 1 aromatic rings. The van der Waals surface area contributed by atoms with E-state index in [1.54, 1.807) is 5.01 Å². The summed E-state index contributed by atoms with van der Waals surface area (Å²) in [6, 6.07) is 7.89. The molecule has 9 nitrogen and oxygen atoms in total. The number of nitrogens with zero attached hydrogens (tertiary/aromatic N) is 4. The third kappa shape index (κ3) is 4.43. The van der Waals surface area contributed by atoms with Crippen molar-refractivity contribution in [2.45, 2.75) is 67.5 Å². The first-order valence-electron chi connectivity index (χ1n) is 10.8. The summed E-state index contributed by atoms with van der Waals surface area (Å²) in [5.74, 6) is 0.0572. The van der Waals surface area contributed by atoms with Gasteiger partial charge in [-0.2, -0.15) is 10.4 Å². The van der Waals surface area contributed by atoms with E-state index < -0.39 is 15.6 Å². The van der Waals surface area contributed by atoms with Crippen LogP contribution in [0.25, 0.3) is 0 Å². The molecule has 0 radical (unpaired) electrons. The lowest BCUT2D eigenvalue weighted by Crippen LogP contribution is -2.50. The summed E-state index contributed by atoms with van der Waals surface area (Å²) in [6.45, 7) is 0.536. The number of hydrogen-bond donors (Lipinski definition) is 2. The molecular formula is C21H28N6O3S. The van der Waals surface area contributed by atoms with Crippen molar-refractivity contribution in [1.29, 1.82) is 5.26 Å². The Balaban J connectivity index is 1.49. The van der Waals surface area contributed by atoms with Crippen LogP contribution in [0.1, 0.15) is 55.3 Å². The van der Waals surface area contributed by atoms with Crippen LogP contribution in [0, 0.1) is 17.2 Å². The molecule has 3 aliphatic rings. The van der Waals surface area contributed by atoms with E-state index in [9.17, 15) is 18.5 Å². The minimum Gasteiger partial charge on any atom is -0.347 e. The molecule has 1 aliphatic heterocycles. The van der Waals surface area contributed by atoms with Crippen molar-refractivity contribution in [2.24, 2.45) is 16.3 Å². The van der Waals surface area contributed by atoms with Gasteiger partial charge in [-0.15, -0.1) is 0 Å². The lowest BCUT2D eigenvalue weighted by molar-refractivity contribution is 0.0898. The van der Waals surface area contributed by atoms with Gasteiger partial charge in [-0.3, -0.25) is 9.80 Å². The van der Waals surface area contributed by atoms with Gasteiger partial charge in [0.1, 0.15) is 11.6 Å². The van der Waals surface area contributed by atoms with Crippen LogP contribution >= 0.6 is 0 Å². The van der Waals surface area contributed by atoms with Crippen LogP contribution in [-0.2, 0) is 10.0 Å². The van der Waals surface area contributed by atoms with Crippen LogP contribution in [0.15, 0.2) is 39.5 Å². The second kappa shape index (κ2) is 8.55. The van der Waals surface area contributed by atoms with E-state index in [2.05, 4.69) is 26.4 Å². The Bertz CT molecular complexity index is 991. The zero-order valence-corrected chi connectivity index (χ0v) is 18.4. The quantitative estimate of drug-likeness (QED) is 0.667. The molecule has 2 fully saturated rings. The second-order valence-electron chi connectivity index (χ2n) is 8.63. The normalized spacial score (nSPS) is 23.9. The molecule has 0 bridgehead atoms. The molecule has 2 atom stereocenters. The van der Waals surface area contributed by atoms with Crippen molar-refractivity contribution < 1.29 is 13.2 Å². The molecule has 0 saturated heterocycles. The molecule has 2 aliphatic carbocycles. The first-order valence-corrected chi connectivity index (χ1v) is 12.3. The number of nitriles is 1. The predicted octanol–water partition coefficient (Wildman–Crippen LogP) is 2.38. The van der Waals surface area contributed by atoms with E-state index in [0.717, 1.165) is 38.5 Å². The Labute approximate surface area is 182 Å². The summed E-state index contributed by atoms with van der Waals surface area (Å²) in [5.41, 5.74) is -0.119. The third-order valence-corrected chi connectivity index (χ3v) is 8.09. The molecule has 0 aromatic heterocycles. The minimum absolute atomic E-state index is 0.113. The molecule has 4 rings (SSSR count). The molecule has 1 amide bonds. The van der Waals surface area contributed by atoms with E-state index in [-0.39, 0.29) is 22.9 Å². The predicted molar refractivity (Wildman–Crippen MR) is 113 cm³/mol. The lowest BCUT2D eigenvalue weighted by atomic mass is 9.81. The first-order chi connectivity index (χ1) is 14.9. The number of amides is 1. The second-order valence-corrected chi connectivity index (χ2v) is 10.5. The average Bonchev–Trinajstić information content (AvgIpc) is 3.46. The smallest absolute Gasteiger partial charge is 0.251 e. The maximum Gasteiger partial charge on any atom is 0.251 e. The van der Waals surface area contributed by atoms with Gasteiger partial charge in [-0.1, -0.05) is 24.5 Å². The lowest BCUT2D eigenvalue weighted by Gasteiger charge is -2.33. The Morgan fingerprint density at radius 3 is 2.48 bits per heavy atom. The summed E-state index contributed by atoms with van der Waals surface area (Å²) < 4.78 is 26.1. The molecule has 2 unspecified atom stereocenters. The Morgan fingerprint density at radius 2 is 1.90 bits per heavy atom. The van der Waals surface area contributed by atoms with Gasteiger partial charge in [0.05, 0.1) is 23.6 Å². The van der Waals surface area contributed by atoms with Crippen LogP contribution < -0.4 is 10.0 Å². The average molecular weight is 445 g/mol. The van der Waals surface area contributed by atoms with Crippen molar-refractivity contribution in [1.82, 2.24) is 15.0 Å². The third-order valence-electron chi connectivity index (χ3n) is 6.66. The fraction of sp³-hybridized carbons (Fsp3) is 0.619. The fourth-order valence-electron chi connectivity index (χ4n) is 4.53. The number of hydrogen-bond acceptors (Lipinski definition) is 7. The number of sulfonamides is 1. The topological polar surface area (TPSA) is 127 Å². The number of carbonyl (C=O) groups excluding carboxylic acids is 1. The first kappa shape index (κ1) is 21.7. The molecule has 2 N–H and O–H groups in total. The van der Waals surface area contributed by atoms with Crippen LogP contribution in [0.3, 0.4) is 0 Å². The van der Waals surface area contributed by atoms with Gasteiger partial charge in [0, 0.05) is 5.56 Å².